The summed E-state index contributed by atoms with van der Waals surface area (Å²) in [6.45, 7) is 0. The number of hydrogen-bond acceptors (Lipinski definition) is 5. The second kappa shape index (κ2) is 6.83. The molecule has 0 atom stereocenters. The smallest absolute Gasteiger partial charge is 0.416 e. The van der Waals surface area contributed by atoms with Crippen molar-refractivity contribution < 1.29 is 22.6 Å². The number of H-pyrrole nitrogens is 1. The predicted molar refractivity (Wildman–Crippen MR) is 88.0 cm³/mol. The Morgan fingerprint density at radius 1 is 1.16 bits per heavy atom. The Morgan fingerprint density at radius 3 is 2.64 bits per heavy atom. The zero-order chi connectivity index (χ0) is 18.0. The van der Waals surface area contributed by atoms with Gasteiger partial charge in [-0.25, -0.2) is 4.98 Å². The minimum Gasteiger partial charge on any atom is -0.493 e. The standard InChI is InChI=1S/C16H14F3N3O2S/c1-23-13-5-6-20-12(14(13)24-2)8-25-15-21-10-4-3-9(16(17,18)19)7-11(10)22-15/h3-7H,8H2,1-2H3,(H,21,22). The van der Waals surface area contributed by atoms with Crippen molar-refractivity contribution >= 4 is 22.8 Å². The average Bonchev–Trinajstić information content (AvgIpc) is 3.00. The van der Waals surface area contributed by atoms with Gasteiger partial charge in [0.15, 0.2) is 16.7 Å². The van der Waals surface area contributed by atoms with Gasteiger partial charge in [-0.15, -0.1) is 0 Å². The molecule has 0 aliphatic heterocycles. The minimum atomic E-state index is -4.39. The summed E-state index contributed by atoms with van der Waals surface area (Å²) in [6.07, 6.45) is -2.79. The number of methoxy groups -OCH3 is 2. The molecule has 132 valence electrons. The zero-order valence-electron chi connectivity index (χ0n) is 13.3. The number of thioether (sulfide) groups is 1. The average molecular weight is 369 g/mol. The van der Waals surface area contributed by atoms with E-state index in [4.69, 9.17) is 9.47 Å². The van der Waals surface area contributed by atoms with Crippen molar-refractivity contribution in [2.75, 3.05) is 14.2 Å². The molecule has 0 saturated heterocycles. The lowest BCUT2D eigenvalue weighted by Crippen LogP contribution is -2.04. The first-order chi connectivity index (χ1) is 11.9. The third-order valence-electron chi connectivity index (χ3n) is 3.50. The number of halogens is 3. The molecule has 1 aromatic carbocycles. The van der Waals surface area contributed by atoms with E-state index in [9.17, 15) is 13.2 Å². The van der Waals surface area contributed by atoms with Crippen LogP contribution in [-0.4, -0.2) is 29.2 Å². The van der Waals surface area contributed by atoms with E-state index in [0.717, 1.165) is 12.1 Å². The number of benzene rings is 1. The van der Waals surface area contributed by atoms with Crippen molar-refractivity contribution in [3.05, 3.63) is 41.7 Å². The molecule has 0 aliphatic rings. The number of aromatic amines is 1. The molecule has 0 fully saturated rings. The molecule has 0 radical (unpaired) electrons. The SMILES string of the molecule is COc1ccnc(CSc2nc3cc(C(F)(F)F)ccc3[nH]2)c1OC. The second-order valence-corrected chi connectivity index (χ2v) is 6.02. The third kappa shape index (κ3) is 3.65. The predicted octanol–water partition coefficient (Wildman–Crippen LogP) is 4.29. The van der Waals surface area contributed by atoms with Gasteiger partial charge in [0.05, 0.1) is 36.5 Å². The highest BCUT2D eigenvalue weighted by molar-refractivity contribution is 7.98. The molecule has 3 aromatic rings. The van der Waals surface area contributed by atoms with Crippen LogP contribution in [0, 0.1) is 0 Å². The summed E-state index contributed by atoms with van der Waals surface area (Å²) >= 11 is 1.32. The van der Waals surface area contributed by atoms with Crippen molar-refractivity contribution in [3.8, 4) is 11.5 Å². The van der Waals surface area contributed by atoms with E-state index >= 15 is 0 Å². The molecule has 3 rings (SSSR count). The maximum Gasteiger partial charge on any atom is 0.416 e. The van der Waals surface area contributed by atoms with Crippen LogP contribution in [0.5, 0.6) is 11.5 Å². The second-order valence-electron chi connectivity index (χ2n) is 5.05. The Labute approximate surface area is 145 Å². The van der Waals surface area contributed by atoms with Crippen LogP contribution in [0.2, 0.25) is 0 Å². The van der Waals surface area contributed by atoms with Crippen molar-refractivity contribution in [2.45, 2.75) is 17.1 Å². The molecule has 1 N–H and O–H groups in total. The van der Waals surface area contributed by atoms with Gasteiger partial charge in [0.1, 0.15) is 0 Å². The molecule has 0 amide bonds. The summed E-state index contributed by atoms with van der Waals surface area (Å²) in [7, 11) is 3.06. The van der Waals surface area contributed by atoms with Crippen LogP contribution in [0.3, 0.4) is 0 Å². The first-order valence-electron chi connectivity index (χ1n) is 7.18. The van der Waals surface area contributed by atoms with E-state index in [1.165, 1.54) is 32.0 Å². The topological polar surface area (TPSA) is 60.0 Å². The van der Waals surface area contributed by atoms with Crippen molar-refractivity contribution in [3.63, 3.8) is 0 Å². The van der Waals surface area contributed by atoms with Crippen LogP contribution >= 0.6 is 11.8 Å². The Balaban J connectivity index is 1.82. The highest BCUT2D eigenvalue weighted by Gasteiger charge is 2.30. The maximum absolute atomic E-state index is 12.8. The van der Waals surface area contributed by atoms with Gasteiger partial charge in [-0.3, -0.25) is 4.98 Å². The van der Waals surface area contributed by atoms with Crippen molar-refractivity contribution in [1.29, 1.82) is 0 Å². The Morgan fingerprint density at radius 2 is 1.96 bits per heavy atom. The first-order valence-corrected chi connectivity index (χ1v) is 8.16. The molecule has 0 saturated carbocycles. The fraction of sp³-hybridized carbons (Fsp3) is 0.250. The molecule has 9 heteroatoms. The van der Waals surface area contributed by atoms with E-state index in [1.54, 1.807) is 12.3 Å². The molecule has 0 bridgehead atoms. The van der Waals surface area contributed by atoms with E-state index < -0.39 is 11.7 Å². The van der Waals surface area contributed by atoms with E-state index in [2.05, 4.69) is 15.0 Å². The van der Waals surface area contributed by atoms with Crippen molar-refractivity contribution in [1.82, 2.24) is 15.0 Å². The Bertz CT molecular complexity index is 896. The van der Waals surface area contributed by atoms with Gasteiger partial charge < -0.3 is 14.5 Å². The summed E-state index contributed by atoms with van der Waals surface area (Å²) in [5.41, 5.74) is 0.742. The Kier molecular flexibility index (Phi) is 4.76. The minimum absolute atomic E-state index is 0.267. The van der Waals surface area contributed by atoms with Crippen LogP contribution < -0.4 is 9.47 Å². The van der Waals surface area contributed by atoms with Gasteiger partial charge in [0.25, 0.3) is 0 Å². The van der Waals surface area contributed by atoms with Crippen LogP contribution in [-0.2, 0) is 11.9 Å². The normalized spacial score (nSPS) is 11.7. The van der Waals surface area contributed by atoms with E-state index in [-0.39, 0.29) is 5.52 Å². The summed E-state index contributed by atoms with van der Waals surface area (Å²) in [5, 5.41) is 0.501. The van der Waals surface area contributed by atoms with Gasteiger partial charge in [0.2, 0.25) is 0 Å². The van der Waals surface area contributed by atoms with Crippen molar-refractivity contribution in [2.24, 2.45) is 0 Å². The fourth-order valence-corrected chi connectivity index (χ4v) is 3.14. The molecular weight excluding hydrogens is 355 g/mol. The lowest BCUT2D eigenvalue weighted by molar-refractivity contribution is -0.137. The summed E-state index contributed by atoms with van der Waals surface area (Å²) in [4.78, 5) is 11.5. The summed E-state index contributed by atoms with van der Waals surface area (Å²) in [5.74, 6) is 1.51. The number of rotatable bonds is 5. The molecule has 5 nitrogen and oxygen atoms in total. The summed E-state index contributed by atoms with van der Waals surface area (Å²) < 4.78 is 48.8. The third-order valence-corrected chi connectivity index (χ3v) is 4.39. The van der Waals surface area contributed by atoms with Gasteiger partial charge >= 0.3 is 6.18 Å². The number of alkyl halides is 3. The molecule has 0 aliphatic carbocycles. The number of ether oxygens (including phenoxy) is 2. The monoisotopic (exact) mass is 369 g/mol. The fourth-order valence-electron chi connectivity index (χ4n) is 2.32. The summed E-state index contributed by atoms with van der Waals surface area (Å²) in [6, 6.07) is 5.12. The van der Waals surface area contributed by atoms with Crippen LogP contribution in [0.25, 0.3) is 11.0 Å². The number of fused-ring (bicyclic) bond motifs is 1. The lowest BCUT2D eigenvalue weighted by Gasteiger charge is -2.10. The van der Waals surface area contributed by atoms with Crippen LogP contribution in [0.15, 0.2) is 35.6 Å². The first kappa shape index (κ1) is 17.4. The van der Waals surface area contributed by atoms with Crippen LogP contribution in [0.1, 0.15) is 11.3 Å². The molecule has 0 spiro atoms. The van der Waals surface area contributed by atoms with Crippen LogP contribution in [0.4, 0.5) is 13.2 Å². The quantitative estimate of drug-likeness (QED) is 0.680. The van der Waals surface area contributed by atoms with E-state index in [1.807, 2.05) is 0 Å². The molecule has 25 heavy (non-hydrogen) atoms. The van der Waals surface area contributed by atoms with Gasteiger partial charge in [-0.1, -0.05) is 11.8 Å². The largest absolute Gasteiger partial charge is 0.493 e. The number of aromatic nitrogens is 3. The maximum atomic E-state index is 12.8. The van der Waals surface area contributed by atoms with Gasteiger partial charge in [0, 0.05) is 18.0 Å². The molecule has 2 heterocycles. The molecular formula is C16H14F3N3O2S. The highest BCUT2D eigenvalue weighted by Crippen LogP contribution is 2.34. The van der Waals surface area contributed by atoms with Gasteiger partial charge in [-0.2, -0.15) is 13.2 Å². The van der Waals surface area contributed by atoms with Gasteiger partial charge in [-0.05, 0) is 18.2 Å². The number of pyridine rings is 1. The molecule has 0 unspecified atom stereocenters. The number of nitrogens with zero attached hydrogens (tertiary/aromatic N) is 2. The van der Waals surface area contributed by atoms with E-state index in [0.29, 0.717) is 33.6 Å². The number of nitrogens with one attached hydrogen (secondary N) is 1. The Hall–Kier alpha value is -2.42. The zero-order valence-corrected chi connectivity index (χ0v) is 14.2. The molecule has 2 aromatic heterocycles. The highest BCUT2D eigenvalue weighted by atomic mass is 32.2. The lowest BCUT2D eigenvalue weighted by atomic mass is 10.2. The number of imidazole rings is 1. The number of hydrogen-bond donors (Lipinski definition) is 1.